The summed E-state index contributed by atoms with van der Waals surface area (Å²) in [5, 5.41) is 6.66. The lowest BCUT2D eigenvalue weighted by molar-refractivity contribution is 0.143. The molecule has 0 aliphatic carbocycles. The van der Waals surface area contributed by atoms with E-state index >= 15 is 0 Å². The molecule has 1 aromatic carbocycles. The fraction of sp³-hybridized carbons (Fsp3) is 0.500. The van der Waals surface area contributed by atoms with Gasteiger partial charge in [0.15, 0.2) is 0 Å². The summed E-state index contributed by atoms with van der Waals surface area (Å²) in [7, 11) is 0. The van der Waals surface area contributed by atoms with Crippen LogP contribution in [0.3, 0.4) is 0 Å². The van der Waals surface area contributed by atoms with Gasteiger partial charge in [-0.25, -0.2) is 0 Å². The normalized spacial score (nSPS) is 18.8. The van der Waals surface area contributed by atoms with E-state index in [0.717, 1.165) is 25.4 Å². The van der Waals surface area contributed by atoms with E-state index < -0.39 is 0 Å². The Morgan fingerprint density at radius 2 is 2.12 bits per heavy atom. The molecule has 3 nitrogen and oxygen atoms in total. The Morgan fingerprint density at radius 1 is 1.25 bits per heavy atom. The van der Waals surface area contributed by atoms with E-state index in [-0.39, 0.29) is 12.4 Å². The van der Waals surface area contributed by atoms with Gasteiger partial charge in [0.25, 0.3) is 0 Å². The van der Waals surface area contributed by atoms with E-state index in [0.29, 0.717) is 6.10 Å². The topological polar surface area (TPSA) is 33.3 Å². The highest BCUT2D eigenvalue weighted by atomic mass is 35.5. The zero-order chi connectivity index (χ0) is 10.1. The number of para-hydroxylation sites is 1. The van der Waals surface area contributed by atoms with E-state index in [1.807, 2.05) is 0 Å². The Hall–Kier alpha value is -0.930. The molecule has 0 saturated carbocycles. The lowest BCUT2D eigenvalue weighted by Gasteiger charge is -2.30. The Morgan fingerprint density at radius 3 is 2.88 bits per heavy atom. The molecule has 2 N–H and O–H groups in total. The summed E-state index contributed by atoms with van der Waals surface area (Å²) in [6.45, 7) is 3.02. The summed E-state index contributed by atoms with van der Waals surface area (Å²) >= 11 is 0. The lowest BCUT2D eigenvalue weighted by atomic mass is 10.0. The summed E-state index contributed by atoms with van der Waals surface area (Å²) in [5.41, 5.74) is 2.61. The van der Waals surface area contributed by atoms with Gasteiger partial charge in [0.2, 0.25) is 0 Å². The van der Waals surface area contributed by atoms with E-state index in [1.54, 1.807) is 0 Å². The number of hydrogen-bond acceptors (Lipinski definition) is 3. The van der Waals surface area contributed by atoms with Gasteiger partial charge in [-0.3, -0.25) is 0 Å². The van der Waals surface area contributed by atoms with Crippen molar-refractivity contribution in [3.63, 3.8) is 0 Å². The van der Waals surface area contributed by atoms with Crippen molar-refractivity contribution in [2.45, 2.75) is 18.9 Å². The predicted molar refractivity (Wildman–Crippen MR) is 67.8 cm³/mol. The molecular weight excluding hydrogens is 224 g/mol. The first-order valence-electron chi connectivity index (χ1n) is 5.66. The van der Waals surface area contributed by atoms with Crippen LogP contribution in [0.1, 0.15) is 12.0 Å². The van der Waals surface area contributed by atoms with Crippen molar-refractivity contribution in [2.75, 3.05) is 25.0 Å². The van der Waals surface area contributed by atoms with Crippen molar-refractivity contribution in [1.29, 1.82) is 0 Å². The van der Waals surface area contributed by atoms with Crippen LogP contribution in [0.4, 0.5) is 5.69 Å². The number of anilines is 1. The summed E-state index contributed by atoms with van der Waals surface area (Å²) in [6, 6.07) is 6.34. The maximum atomic E-state index is 5.92. The highest BCUT2D eigenvalue weighted by Crippen LogP contribution is 2.32. The molecule has 0 unspecified atom stereocenters. The zero-order valence-corrected chi connectivity index (χ0v) is 9.98. The van der Waals surface area contributed by atoms with E-state index in [1.165, 1.54) is 24.1 Å². The summed E-state index contributed by atoms with van der Waals surface area (Å²) in [5.74, 6) is 1.03. The zero-order valence-electron chi connectivity index (χ0n) is 9.16. The molecule has 0 spiro atoms. The minimum Gasteiger partial charge on any atom is -0.486 e. The van der Waals surface area contributed by atoms with Crippen LogP contribution in [-0.2, 0) is 6.42 Å². The van der Waals surface area contributed by atoms with E-state index in [2.05, 4.69) is 28.8 Å². The lowest BCUT2D eigenvalue weighted by Crippen LogP contribution is -2.50. The average Bonchev–Trinajstić information content (AvgIpc) is 2.23. The van der Waals surface area contributed by atoms with Crippen LogP contribution in [0.5, 0.6) is 5.75 Å². The van der Waals surface area contributed by atoms with Gasteiger partial charge in [-0.05, 0) is 24.5 Å². The summed E-state index contributed by atoms with van der Waals surface area (Å²) in [4.78, 5) is 0. The second-order valence-electron chi connectivity index (χ2n) is 4.22. The van der Waals surface area contributed by atoms with Crippen LogP contribution in [0.2, 0.25) is 0 Å². The van der Waals surface area contributed by atoms with Crippen LogP contribution in [0.25, 0.3) is 0 Å². The number of fused-ring (bicyclic) bond motifs is 1. The van der Waals surface area contributed by atoms with Gasteiger partial charge in [0.05, 0.1) is 5.69 Å². The van der Waals surface area contributed by atoms with Gasteiger partial charge in [-0.15, -0.1) is 12.4 Å². The molecule has 16 heavy (non-hydrogen) atoms. The number of ether oxygens (including phenoxy) is 1. The van der Waals surface area contributed by atoms with Gasteiger partial charge in [0, 0.05) is 19.6 Å². The third kappa shape index (κ3) is 2.11. The van der Waals surface area contributed by atoms with Crippen molar-refractivity contribution >= 4 is 18.1 Å². The fourth-order valence-electron chi connectivity index (χ4n) is 2.10. The predicted octanol–water partition coefficient (Wildman–Crippen LogP) is 1.82. The number of aryl methyl sites for hydroxylation is 1. The first kappa shape index (κ1) is 11.6. The molecule has 2 heterocycles. The van der Waals surface area contributed by atoms with Crippen molar-refractivity contribution in [2.24, 2.45) is 0 Å². The fourth-order valence-corrected chi connectivity index (χ4v) is 2.10. The molecule has 2 aliphatic heterocycles. The molecule has 0 radical (unpaired) electrons. The molecule has 1 aromatic rings. The maximum absolute atomic E-state index is 5.92. The van der Waals surface area contributed by atoms with Crippen molar-refractivity contribution in [3.05, 3.63) is 23.8 Å². The standard InChI is InChI=1S/C12H16N2O.ClH/c1-3-9-4-2-6-14-12(9)11(5-1)15-10-7-13-8-10;/h1,3,5,10,13-14H,2,4,6-8H2;1H. The maximum Gasteiger partial charge on any atom is 0.143 e. The molecule has 0 aromatic heterocycles. The smallest absolute Gasteiger partial charge is 0.143 e. The third-order valence-electron chi connectivity index (χ3n) is 3.07. The minimum atomic E-state index is 0. The van der Waals surface area contributed by atoms with Gasteiger partial charge in [0.1, 0.15) is 11.9 Å². The highest BCUT2D eigenvalue weighted by molar-refractivity contribution is 5.85. The summed E-state index contributed by atoms with van der Waals surface area (Å²) < 4.78 is 5.92. The number of hydrogen-bond donors (Lipinski definition) is 2. The number of benzene rings is 1. The third-order valence-corrected chi connectivity index (χ3v) is 3.07. The molecule has 3 rings (SSSR count). The molecule has 1 saturated heterocycles. The first-order valence-corrected chi connectivity index (χ1v) is 5.66. The second kappa shape index (κ2) is 4.93. The van der Waals surface area contributed by atoms with Crippen LogP contribution in [-0.4, -0.2) is 25.7 Å². The largest absolute Gasteiger partial charge is 0.486 e. The van der Waals surface area contributed by atoms with Crippen LogP contribution in [0.15, 0.2) is 18.2 Å². The number of rotatable bonds is 2. The number of nitrogens with one attached hydrogen (secondary N) is 2. The van der Waals surface area contributed by atoms with Crippen LogP contribution in [0, 0.1) is 0 Å². The van der Waals surface area contributed by atoms with E-state index in [4.69, 9.17) is 4.74 Å². The quantitative estimate of drug-likeness (QED) is 0.828. The van der Waals surface area contributed by atoms with Crippen molar-refractivity contribution < 1.29 is 4.74 Å². The SMILES string of the molecule is Cl.c1cc2c(c(OC3CNC3)c1)NCCC2. The Kier molecular flexibility index (Phi) is 3.56. The molecule has 0 bridgehead atoms. The monoisotopic (exact) mass is 240 g/mol. The molecule has 1 fully saturated rings. The van der Waals surface area contributed by atoms with Crippen LogP contribution < -0.4 is 15.4 Å². The van der Waals surface area contributed by atoms with Gasteiger partial charge < -0.3 is 15.4 Å². The first-order chi connectivity index (χ1) is 7.43. The Labute approximate surface area is 102 Å². The van der Waals surface area contributed by atoms with E-state index in [9.17, 15) is 0 Å². The van der Waals surface area contributed by atoms with Gasteiger partial charge in [-0.1, -0.05) is 12.1 Å². The molecule has 4 heteroatoms. The second-order valence-corrected chi connectivity index (χ2v) is 4.22. The van der Waals surface area contributed by atoms with Gasteiger partial charge >= 0.3 is 0 Å². The Balaban J connectivity index is 0.000000963. The van der Waals surface area contributed by atoms with Crippen molar-refractivity contribution in [3.8, 4) is 5.75 Å². The molecule has 0 amide bonds. The Bertz CT molecular complexity index is 366. The average molecular weight is 241 g/mol. The van der Waals surface area contributed by atoms with Crippen molar-refractivity contribution in [1.82, 2.24) is 5.32 Å². The number of halogens is 1. The molecule has 0 atom stereocenters. The highest BCUT2D eigenvalue weighted by Gasteiger charge is 2.21. The van der Waals surface area contributed by atoms with Gasteiger partial charge in [-0.2, -0.15) is 0 Å². The molecule has 88 valence electrons. The van der Waals surface area contributed by atoms with Crippen LogP contribution >= 0.6 is 12.4 Å². The molecular formula is C12H17ClN2O. The minimum absolute atomic E-state index is 0. The summed E-state index contributed by atoms with van der Waals surface area (Å²) in [6.07, 6.45) is 2.75. The molecule has 2 aliphatic rings.